The Kier molecular flexibility index (Phi) is 6.08. The van der Waals surface area contributed by atoms with Gasteiger partial charge in [0.25, 0.3) is 17.7 Å². The second kappa shape index (κ2) is 8.60. The topological polar surface area (TPSA) is 109 Å². The maximum absolute atomic E-state index is 13.2. The fourth-order valence-corrected chi connectivity index (χ4v) is 4.25. The van der Waals surface area contributed by atoms with Crippen molar-refractivity contribution in [3.05, 3.63) is 35.2 Å². The monoisotopic (exact) mass is 488 g/mol. The van der Waals surface area contributed by atoms with Crippen LogP contribution in [0.1, 0.15) is 60.8 Å². The summed E-state index contributed by atoms with van der Waals surface area (Å²) in [7, 11) is 0. The van der Waals surface area contributed by atoms with Crippen LogP contribution in [-0.2, 0) is 11.3 Å². The first-order chi connectivity index (χ1) is 15.9. The van der Waals surface area contributed by atoms with E-state index >= 15 is 0 Å². The van der Waals surface area contributed by atoms with Gasteiger partial charge in [0.1, 0.15) is 0 Å². The molecule has 1 saturated carbocycles. The fraction of sp³-hybridized carbons (Fsp3) is 0.524. The molecule has 0 saturated heterocycles. The largest absolute Gasteiger partial charge is 0.426 e. The lowest BCUT2D eigenvalue weighted by molar-refractivity contribution is -0.245. The van der Waals surface area contributed by atoms with Crippen molar-refractivity contribution in [2.24, 2.45) is 0 Å². The van der Waals surface area contributed by atoms with Crippen molar-refractivity contribution in [3.63, 3.8) is 0 Å². The standard InChI is InChI=1S/C21H21F5N4O4/c1-20(33,21(24,25)26)19(32)27-13-4-2-3-5-14(13)30-9-11-7-6-10(8-12(11)18(30)31)16-28-29-17(34-16)15(22)23/h6-8,13-15,33H,2-5,9H2,1H3,(H,27,32)/t13-,14-,20?/m1/s1. The highest BCUT2D eigenvalue weighted by Gasteiger charge is 2.56. The molecule has 8 nitrogen and oxygen atoms in total. The number of hydrogen-bond acceptors (Lipinski definition) is 6. The number of hydrogen-bond donors (Lipinski definition) is 2. The Balaban J connectivity index is 1.54. The SMILES string of the molecule is CC(O)(C(=O)N[C@@H]1CCCC[C@H]1N1Cc2ccc(-c3nnc(C(F)F)o3)cc2C1=O)C(F)(F)F. The number of aromatic nitrogens is 2. The molecule has 1 aromatic heterocycles. The van der Waals surface area contributed by atoms with Gasteiger partial charge in [-0.3, -0.25) is 9.59 Å². The van der Waals surface area contributed by atoms with E-state index in [2.05, 4.69) is 15.5 Å². The van der Waals surface area contributed by atoms with Gasteiger partial charge in [0.2, 0.25) is 11.5 Å². The molecule has 2 aromatic rings. The Morgan fingerprint density at radius 3 is 2.59 bits per heavy atom. The van der Waals surface area contributed by atoms with Crippen LogP contribution < -0.4 is 5.32 Å². The van der Waals surface area contributed by atoms with Gasteiger partial charge in [-0.15, -0.1) is 10.2 Å². The predicted molar refractivity (Wildman–Crippen MR) is 105 cm³/mol. The summed E-state index contributed by atoms with van der Waals surface area (Å²) in [5.74, 6) is -3.02. The Hall–Kier alpha value is -3.09. The van der Waals surface area contributed by atoms with Crippen molar-refractivity contribution in [2.75, 3.05) is 0 Å². The van der Waals surface area contributed by atoms with Gasteiger partial charge in [-0.05, 0) is 37.5 Å². The van der Waals surface area contributed by atoms with Crippen LogP contribution in [0.3, 0.4) is 0 Å². The van der Waals surface area contributed by atoms with Crippen LogP contribution in [-0.4, -0.2) is 55.9 Å². The molecule has 0 radical (unpaired) electrons. The van der Waals surface area contributed by atoms with Crippen molar-refractivity contribution in [1.29, 1.82) is 0 Å². The Morgan fingerprint density at radius 2 is 1.94 bits per heavy atom. The normalized spacial score (nSPS) is 22.6. The zero-order valence-electron chi connectivity index (χ0n) is 17.9. The van der Waals surface area contributed by atoms with Gasteiger partial charge < -0.3 is 19.7 Å². The van der Waals surface area contributed by atoms with E-state index in [1.165, 1.54) is 11.0 Å². The van der Waals surface area contributed by atoms with Gasteiger partial charge in [-0.1, -0.05) is 18.9 Å². The van der Waals surface area contributed by atoms with Crippen LogP contribution in [0.25, 0.3) is 11.5 Å². The molecule has 34 heavy (non-hydrogen) atoms. The zero-order chi connectivity index (χ0) is 24.8. The van der Waals surface area contributed by atoms with Crippen LogP contribution in [0.15, 0.2) is 22.6 Å². The van der Waals surface area contributed by atoms with E-state index in [-0.39, 0.29) is 23.6 Å². The molecule has 13 heteroatoms. The van der Waals surface area contributed by atoms with Crippen molar-refractivity contribution in [1.82, 2.24) is 20.4 Å². The third-order valence-corrected chi connectivity index (χ3v) is 6.26. The van der Waals surface area contributed by atoms with Gasteiger partial charge >= 0.3 is 12.6 Å². The molecule has 4 rings (SSSR count). The zero-order valence-corrected chi connectivity index (χ0v) is 17.9. The number of fused-ring (bicyclic) bond motifs is 1. The molecule has 2 N–H and O–H groups in total. The molecule has 1 fully saturated rings. The first-order valence-corrected chi connectivity index (χ1v) is 10.6. The van der Waals surface area contributed by atoms with E-state index in [0.717, 1.165) is 0 Å². The van der Waals surface area contributed by atoms with Crippen molar-refractivity contribution in [2.45, 2.75) is 69.4 Å². The van der Waals surface area contributed by atoms with Gasteiger partial charge in [0.05, 0.1) is 6.04 Å². The number of nitrogens with one attached hydrogen (secondary N) is 1. The molecule has 1 aliphatic heterocycles. The third kappa shape index (κ3) is 4.24. The maximum Gasteiger partial charge on any atom is 0.426 e. The van der Waals surface area contributed by atoms with Crippen LogP contribution in [0.5, 0.6) is 0 Å². The lowest BCUT2D eigenvalue weighted by atomic mass is 9.88. The lowest BCUT2D eigenvalue weighted by Gasteiger charge is -2.39. The van der Waals surface area contributed by atoms with Crippen molar-refractivity contribution >= 4 is 11.8 Å². The second-order valence-electron chi connectivity index (χ2n) is 8.55. The molecule has 3 atom stereocenters. The van der Waals surface area contributed by atoms with Crippen LogP contribution in [0.2, 0.25) is 0 Å². The Morgan fingerprint density at radius 1 is 1.24 bits per heavy atom. The number of amides is 2. The minimum Gasteiger partial charge on any atom is -0.415 e. The molecular weight excluding hydrogens is 467 g/mol. The minimum atomic E-state index is -5.16. The van der Waals surface area contributed by atoms with Gasteiger partial charge in [-0.2, -0.15) is 22.0 Å². The number of benzene rings is 1. The van der Waals surface area contributed by atoms with Gasteiger partial charge in [0, 0.05) is 23.7 Å². The van der Waals surface area contributed by atoms with Crippen LogP contribution in [0, 0.1) is 0 Å². The highest BCUT2D eigenvalue weighted by molar-refractivity contribution is 5.99. The summed E-state index contributed by atoms with van der Waals surface area (Å²) >= 11 is 0. The quantitative estimate of drug-likeness (QED) is 0.625. The van der Waals surface area contributed by atoms with E-state index < -0.39 is 48.0 Å². The minimum absolute atomic E-state index is 0.160. The number of carbonyl (C=O) groups excluding carboxylic acids is 2. The van der Waals surface area contributed by atoms with E-state index in [1.807, 2.05) is 0 Å². The van der Waals surface area contributed by atoms with Crippen molar-refractivity contribution < 1.29 is 41.1 Å². The number of rotatable bonds is 5. The van der Waals surface area contributed by atoms with Gasteiger partial charge in [0.15, 0.2) is 0 Å². The van der Waals surface area contributed by atoms with E-state index in [4.69, 9.17) is 4.42 Å². The van der Waals surface area contributed by atoms with E-state index in [0.29, 0.717) is 38.2 Å². The number of halogens is 5. The number of aliphatic hydroxyl groups is 1. The molecule has 1 unspecified atom stereocenters. The fourth-order valence-electron chi connectivity index (χ4n) is 4.25. The Bertz CT molecular complexity index is 1100. The lowest BCUT2D eigenvalue weighted by Crippen LogP contribution is -2.61. The third-order valence-electron chi connectivity index (χ3n) is 6.26. The predicted octanol–water partition coefficient (Wildman–Crippen LogP) is 3.37. The van der Waals surface area contributed by atoms with Gasteiger partial charge in [-0.25, -0.2) is 0 Å². The van der Waals surface area contributed by atoms with E-state index in [9.17, 15) is 36.6 Å². The molecule has 2 aliphatic rings. The second-order valence-corrected chi connectivity index (χ2v) is 8.55. The number of alkyl halides is 5. The van der Waals surface area contributed by atoms with Crippen LogP contribution >= 0.6 is 0 Å². The average molecular weight is 488 g/mol. The first kappa shape index (κ1) is 24.0. The van der Waals surface area contributed by atoms with E-state index in [1.54, 1.807) is 12.1 Å². The molecule has 0 bridgehead atoms. The summed E-state index contributed by atoms with van der Waals surface area (Å²) in [6.45, 7) is 0.544. The molecule has 184 valence electrons. The summed E-state index contributed by atoms with van der Waals surface area (Å²) < 4.78 is 69.6. The molecular formula is C21H21F5N4O4. The summed E-state index contributed by atoms with van der Waals surface area (Å²) in [5.41, 5.74) is -2.40. The summed E-state index contributed by atoms with van der Waals surface area (Å²) in [5, 5.41) is 18.8. The average Bonchev–Trinajstić information content (AvgIpc) is 3.39. The first-order valence-electron chi connectivity index (χ1n) is 10.6. The van der Waals surface area contributed by atoms with Crippen molar-refractivity contribution in [3.8, 4) is 11.5 Å². The summed E-state index contributed by atoms with van der Waals surface area (Å²) in [6.07, 6.45) is -5.96. The maximum atomic E-state index is 13.2. The number of carbonyl (C=O) groups is 2. The molecule has 0 spiro atoms. The summed E-state index contributed by atoms with van der Waals surface area (Å²) in [4.78, 5) is 26.9. The molecule has 1 aromatic carbocycles. The molecule has 1 aliphatic carbocycles. The molecule has 2 heterocycles. The summed E-state index contributed by atoms with van der Waals surface area (Å²) in [6, 6.07) is 3.22. The Labute approximate surface area is 190 Å². The van der Waals surface area contributed by atoms with Crippen LogP contribution in [0.4, 0.5) is 22.0 Å². The highest BCUT2D eigenvalue weighted by atomic mass is 19.4. The molecule has 2 amide bonds. The number of nitrogens with zero attached hydrogens (tertiary/aromatic N) is 3. The highest BCUT2D eigenvalue weighted by Crippen LogP contribution is 2.35. The smallest absolute Gasteiger partial charge is 0.415 e.